The molecule has 0 fully saturated rings. The predicted octanol–water partition coefficient (Wildman–Crippen LogP) is 2.90. The molecule has 0 unspecified atom stereocenters. The summed E-state index contributed by atoms with van der Waals surface area (Å²) >= 11 is 0. The zero-order valence-corrected chi connectivity index (χ0v) is 12.6. The Bertz CT molecular complexity index is 775. The first kappa shape index (κ1) is 16.2. The number of benzene rings is 1. The lowest BCUT2D eigenvalue weighted by molar-refractivity contribution is -0.125. The average Bonchev–Trinajstić information content (AvgIpc) is 2.59. The molecule has 0 saturated carbocycles. The highest BCUT2D eigenvalue weighted by Crippen LogP contribution is 2.17. The van der Waals surface area contributed by atoms with Crippen LogP contribution in [0.25, 0.3) is 17.0 Å². The van der Waals surface area contributed by atoms with Crippen molar-refractivity contribution in [1.82, 2.24) is 9.88 Å². The minimum Gasteiger partial charge on any atom is -0.337 e. The van der Waals surface area contributed by atoms with Gasteiger partial charge in [0, 0.05) is 30.7 Å². The molecule has 0 bridgehead atoms. The molecule has 2 rings (SSSR count). The number of hydrogen-bond acceptors (Lipinski definition) is 4. The molecule has 1 aromatic carbocycles. The van der Waals surface area contributed by atoms with Crippen molar-refractivity contribution in [2.75, 3.05) is 13.1 Å². The van der Waals surface area contributed by atoms with Crippen molar-refractivity contribution in [3.05, 3.63) is 48.2 Å². The minimum absolute atomic E-state index is 0.198. The lowest BCUT2D eigenvalue weighted by atomic mass is 10.1. The van der Waals surface area contributed by atoms with Crippen LogP contribution in [0.15, 0.2) is 42.6 Å². The molecule has 0 spiro atoms. The summed E-state index contributed by atoms with van der Waals surface area (Å²) in [4.78, 5) is 18.1. The summed E-state index contributed by atoms with van der Waals surface area (Å²) in [5, 5.41) is 18.3. The number of para-hydroxylation sites is 1. The molecule has 5 nitrogen and oxygen atoms in total. The molecule has 0 aliphatic rings. The molecule has 1 heterocycles. The number of carbonyl (C=O) groups excluding carboxylic acids is 1. The van der Waals surface area contributed by atoms with E-state index in [2.05, 4.69) is 4.98 Å². The van der Waals surface area contributed by atoms with Crippen molar-refractivity contribution in [3.8, 4) is 12.1 Å². The summed E-state index contributed by atoms with van der Waals surface area (Å²) in [6.07, 6.45) is 5.44. The van der Waals surface area contributed by atoms with Crippen molar-refractivity contribution in [3.63, 3.8) is 0 Å². The van der Waals surface area contributed by atoms with Gasteiger partial charge in [-0.1, -0.05) is 18.2 Å². The molecule has 2 aromatic rings. The summed E-state index contributed by atoms with van der Waals surface area (Å²) < 4.78 is 0. The molecular formula is C18H16N4O. The summed E-state index contributed by atoms with van der Waals surface area (Å²) in [5.41, 5.74) is 1.78. The zero-order chi connectivity index (χ0) is 16.5. The van der Waals surface area contributed by atoms with Gasteiger partial charge in [-0.25, -0.2) is 0 Å². The zero-order valence-electron chi connectivity index (χ0n) is 12.6. The van der Waals surface area contributed by atoms with Gasteiger partial charge < -0.3 is 4.90 Å². The maximum Gasteiger partial charge on any atom is 0.246 e. The van der Waals surface area contributed by atoms with Crippen LogP contribution in [0.5, 0.6) is 0 Å². The van der Waals surface area contributed by atoms with E-state index in [9.17, 15) is 4.79 Å². The highest BCUT2D eigenvalue weighted by Gasteiger charge is 2.10. The Morgan fingerprint density at radius 1 is 1.13 bits per heavy atom. The number of hydrogen-bond donors (Lipinski definition) is 0. The van der Waals surface area contributed by atoms with Crippen molar-refractivity contribution in [2.24, 2.45) is 0 Å². The monoisotopic (exact) mass is 304 g/mol. The molecule has 0 saturated heterocycles. The van der Waals surface area contributed by atoms with Crippen LogP contribution in [0, 0.1) is 22.7 Å². The number of pyridine rings is 1. The van der Waals surface area contributed by atoms with E-state index in [1.807, 2.05) is 42.5 Å². The lowest BCUT2D eigenvalue weighted by Crippen LogP contribution is -2.31. The van der Waals surface area contributed by atoms with E-state index in [1.165, 1.54) is 11.0 Å². The van der Waals surface area contributed by atoms with E-state index >= 15 is 0 Å². The largest absolute Gasteiger partial charge is 0.337 e. The number of aromatic nitrogens is 1. The number of nitrogens with zero attached hydrogens (tertiary/aromatic N) is 4. The van der Waals surface area contributed by atoms with Gasteiger partial charge in [0.1, 0.15) is 0 Å². The van der Waals surface area contributed by atoms with Crippen LogP contribution in [0.2, 0.25) is 0 Å². The minimum atomic E-state index is -0.198. The van der Waals surface area contributed by atoms with Gasteiger partial charge in [0.2, 0.25) is 5.91 Å². The molecule has 0 radical (unpaired) electrons. The van der Waals surface area contributed by atoms with Crippen LogP contribution in [0.3, 0.4) is 0 Å². The van der Waals surface area contributed by atoms with Gasteiger partial charge in [0.15, 0.2) is 0 Å². The van der Waals surface area contributed by atoms with Crippen LogP contribution in [-0.4, -0.2) is 28.9 Å². The summed E-state index contributed by atoms with van der Waals surface area (Å²) in [7, 11) is 0. The van der Waals surface area contributed by atoms with Crippen LogP contribution in [0.1, 0.15) is 18.4 Å². The summed E-state index contributed by atoms with van der Waals surface area (Å²) in [5.74, 6) is -0.198. The van der Waals surface area contributed by atoms with Crippen LogP contribution >= 0.6 is 0 Å². The normalized spacial score (nSPS) is 10.3. The second-order valence-electron chi connectivity index (χ2n) is 4.89. The van der Waals surface area contributed by atoms with Crippen molar-refractivity contribution in [1.29, 1.82) is 10.5 Å². The first-order valence-electron chi connectivity index (χ1n) is 7.31. The molecule has 0 atom stereocenters. The van der Waals surface area contributed by atoms with Crippen molar-refractivity contribution >= 4 is 22.9 Å². The molecule has 1 amide bonds. The maximum atomic E-state index is 12.3. The molecule has 0 N–H and O–H groups in total. The van der Waals surface area contributed by atoms with E-state index in [0.29, 0.717) is 13.1 Å². The third-order valence-corrected chi connectivity index (χ3v) is 3.39. The Hall–Kier alpha value is -3.18. The number of nitriles is 2. The highest BCUT2D eigenvalue weighted by molar-refractivity contribution is 5.95. The number of amides is 1. The topological polar surface area (TPSA) is 80.8 Å². The fraction of sp³-hybridized carbons (Fsp3) is 0.222. The number of rotatable bonds is 6. The quantitative estimate of drug-likeness (QED) is 0.768. The van der Waals surface area contributed by atoms with Crippen LogP contribution < -0.4 is 0 Å². The first-order chi connectivity index (χ1) is 11.3. The van der Waals surface area contributed by atoms with Crippen LogP contribution in [0.4, 0.5) is 0 Å². The van der Waals surface area contributed by atoms with Crippen molar-refractivity contribution in [2.45, 2.75) is 12.8 Å². The fourth-order valence-electron chi connectivity index (χ4n) is 2.23. The third-order valence-electron chi connectivity index (χ3n) is 3.39. The van der Waals surface area contributed by atoms with Crippen LogP contribution in [-0.2, 0) is 4.79 Å². The molecule has 0 aliphatic carbocycles. The third kappa shape index (κ3) is 4.39. The highest BCUT2D eigenvalue weighted by atomic mass is 16.2. The standard InChI is InChI=1S/C18H16N4O/c19-10-3-13-22(14-4-11-20)18(23)8-7-15-9-12-21-17-6-2-1-5-16(15)17/h1-2,5-9,12H,3-4,13-14H2. The maximum absolute atomic E-state index is 12.3. The van der Waals surface area contributed by atoms with Gasteiger partial charge in [-0.15, -0.1) is 0 Å². The SMILES string of the molecule is N#CCCN(CCC#N)C(=O)C=Cc1ccnc2ccccc12. The lowest BCUT2D eigenvalue weighted by Gasteiger charge is -2.18. The second-order valence-corrected chi connectivity index (χ2v) is 4.89. The Kier molecular flexibility index (Phi) is 5.85. The Balaban J connectivity index is 2.17. The predicted molar refractivity (Wildman–Crippen MR) is 87.8 cm³/mol. The van der Waals surface area contributed by atoms with E-state index in [1.54, 1.807) is 12.3 Å². The van der Waals surface area contributed by atoms with Gasteiger partial charge in [0.05, 0.1) is 30.5 Å². The average molecular weight is 304 g/mol. The van der Waals surface area contributed by atoms with Gasteiger partial charge in [-0.3, -0.25) is 9.78 Å². The Labute approximate surface area is 135 Å². The fourth-order valence-corrected chi connectivity index (χ4v) is 2.23. The number of carbonyl (C=O) groups is 1. The molecular weight excluding hydrogens is 288 g/mol. The molecule has 114 valence electrons. The summed E-state index contributed by atoms with van der Waals surface area (Å²) in [6.45, 7) is 0.664. The number of fused-ring (bicyclic) bond motifs is 1. The van der Waals surface area contributed by atoms with Gasteiger partial charge in [0.25, 0.3) is 0 Å². The van der Waals surface area contributed by atoms with Gasteiger partial charge in [-0.2, -0.15) is 10.5 Å². The summed E-state index contributed by atoms with van der Waals surface area (Å²) in [6, 6.07) is 13.6. The Morgan fingerprint density at radius 2 is 1.83 bits per heavy atom. The van der Waals surface area contributed by atoms with E-state index < -0.39 is 0 Å². The molecule has 0 aliphatic heterocycles. The van der Waals surface area contributed by atoms with E-state index in [0.717, 1.165) is 16.5 Å². The molecule has 23 heavy (non-hydrogen) atoms. The van der Waals surface area contributed by atoms with Gasteiger partial charge >= 0.3 is 0 Å². The Morgan fingerprint density at radius 3 is 2.52 bits per heavy atom. The van der Waals surface area contributed by atoms with Gasteiger partial charge in [-0.05, 0) is 23.8 Å². The van der Waals surface area contributed by atoms with E-state index in [4.69, 9.17) is 10.5 Å². The molecule has 5 heteroatoms. The second kappa shape index (κ2) is 8.31. The first-order valence-corrected chi connectivity index (χ1v) is 7.31. The smallest absolute Gasteiger partial charge is 0.246 e. The van der Waals surface area contributed by atoms with E-state index in [-0.39, 0.29) is 18.7 Å². The molecule has 1 aromatic heterocycles. The van der Waals surface area contributed by atoms with Crippen molar-refractivity contribution < 1.29 is 4.79 Å².